The SMILES string of the molecule is CC(C(=O)c1ccc(F)c(F)c1)N1CCCNC(=O)C1. The molecule has 1 unspecified atom stereocenters. The van der Waals surface area contributed by atoms with Crippen LogP contribution in [0.2, 0.25) is 0 Å². The zero-order valence-electron chi connectivity index (χ0n) is 11.2. The molecule has 1 atom stereocenters. The fourth-order valence-electron chi connectivity index (χ4n) is 2.22. The van der Waals surface area contributed by atoms with E-state index >= 15 is 0 Å². The van der Waals surface area contributed by atoms with Crippen LogP contribution in [0.25, 0.3) is 0 Å². The quantitative estimate of drug-likeness (QED) is 0.852. The number of ketones is 1. The van der Waals surface area contributed by atoms with Crippen molar-refractivity contribution in [2.75, 3.05) is 19.6 Å². The monoisotopic (exact) mass is 282 g/mol. The highest BCUT2D eigenvalue weighted by atomic mass is 19.2. The minimum atomic E-state index is -1.04. The molecule has 1 N–H and O–H groups in total. The number of rotatable bonds is 3. The average Bonchev–Trinajstić information content (AvgIpc) is 2.65. The van der Waals surface area contributed by atoms with E-state index in [4.69, 9.17) is 0 Å². The van der Waals surface area contributed by atoms with Crippen LogP contribution in [-0.4, -0.2) is 42.3 Å². The molecule has 108 valence electrons. The third kappa shape index (κ3) is 3.19. The molecule has 0 saturated carbocycles. The largest absolute Gasteiger partial charge is 0.355 e. The van der Waals surface area contributed by atoms with Crippen molar-refractivity contribution >= 4 is 11.7 Å². The molecule has 1 aliphatic rings. The van der Waals surface area contributed by atoms with Crippen molar-refractivity contribution in [2.45, 2.75) is 19.4 Å². The molecule has 20 heavy (non-hydrogen) atoms. The Bertz CT molecular complexity index is 534. The molecular weight excluding hydrogens is 266 g/mol. The van der Waals surface area contributed by atoms with E-state index in [0.717, 1.165) is 18.6 Å². The van der Waals surface area contributed by atoms with E-state index in [-0.39, 0.29) is 23.8 Å². The topological polar surface area (TPSA) is 49.4 Å². The van der Waals surface area contributed by atoms with Gasteiger partial charge in [-0.25, -0.2) is 8.78 Å². The van der Waals surface area contributed by atoms with Crippen LogP contribution in [0.4, 0.5) is 8.78 Å². The summed E-state index contributed by atoms with van der Waals surface area (Å²) in [6, 6.07) is 2.54. The summed E-state index contributed by atoms with van der Waals surface area (Å²) in [7, 11) is 0. The van der Waals surface area contributed by atoms with E-state index in [0.29, 0.717) is 13.1 Å². The van der Waals surface area contributed by atoms with E-state index in [1.165, 1.54) is 6.07 Å². The summed E-state index contributed by atoms with van der Waals surface area (Å²) >= 11 is 0. The van der Waals surface area contributed by atoms with Gasteiger partial charge in [0, 0.05) is 18.7 Å². The van der Waals surface area contributed by atoms with Crippen LogP contribution in [0.1, 0.15) is 23.7 Å². The Balaban J connectivity index is 2.14. The highest BCUT2D eigenvalue weighted by Gasteiger charge is 2.26. The second-order valence-corrected chi connectivity index (χ2v) is 4.84. The number of hydrogen-bond donors (Lipinski definition) is 1. The molecule has 0 aliphatic carbocycles. The maximum atomic E-state index is 13.2. The predicted molar refractivity (Wildman–Crippen MR) is 69.4 cm³/mol. The third-order valence-electron chi connectivity index (χ3n) is 3.42. The lowest BCUT2D eigenvalue weighted by Crippen LogP contribution is -2.43. The van der Waals surface area contributed by atoms with Crippen molar-refractivity contribution in [3.63, 3.8) is 0 Å². The number of hydrogen-bond acceptors (Lipinski definition) is 3. The lowest BCUT2D eigenvalue weighted by atomic mass is 10.0. The van der Waals surface area contributed by atoms with Gasteiger partial charge in [0.15, 0.2) is 17.4 Å². The number of carbonyl (C=O) groups is 2. The molecule has 4 nitrogen and oxygen atoms in total. The van der Waals surface area contributed by atoms with Gasteiger partial charge in [0.2, 0.25) is 5.91 Å². The number of Topliss-reactive ketones (excluding diaryl/α,β-unsaturated/α-hetero) is 1. The van der Waals surface area contributed by atoms with Gasteiger partial charge in [0.25, 0.3) is 0 Å². The smallest absolute Gasteiger partial charge is 0.234 e. The van der Waals surface area contributed by atoms with Crippen molar-refractivity contribution in [2.24, 2.45) is 0 Å². The van der Waals surface area contributed by atoms with Gasteiger partial charge in [-0.05, 0) is 31.5 Å². The number of carbonyl (C=O) groups excluding carboxylic acids is 2. The molecule has 1 heterocycles. The summed E-state index contributed by atoms with van der Waals surface area (Å²) in [5.74, 6) is -2.48. The maximum Gasteiger partial charge on any atom is 0.234 e. The highest BCUT2D eigenvalue weighted by Crippen LogP contribution is 2.14. The second-order valence-electron chi connectivity index (χ2n) is 4.84. The standard InChI is InChI=1S/C14H16F2N2O2/c1-9(18-6-2-5-17-13(19)8-18)14(20)10-3-4-11(15)12(16)7-10/h3-4,7,9H,2,5-6,8H2,1H3,(H,17,19). The number of halogens is 2. The molecule has 1 aliphatic heterocycles. The van der Waals surface area contributed by atoms with E-state index in [1.54, 1.807) is 11.8 Å². The van der Waals surface area contributed by atoms with Crippen LogP contribution in [0, 0.1) is 11.6 Å². The van der Waals surface area contributed by atoms with Crippen molar-refractivity contribution in [1.82, 2.24) is 10.2 Å². The zero-order valence-corrected chi connectivity index (χ0v) is 11.2. The number of nitrogens with one attached hydrogen (secondary N) is 1. The van der Waals surface area contributed by atoms with Crippen molar-refractivity contribution in [3.05, 3.63) is 35.4 Å². The minimum absolute atomic E-state index is 0.112. The number of nitrogens with zero attached hydrogens (tertiary/aromatic N) is 1. The fraction of sp³-hybridized carbons (Fsp3) is 0.429. The first-order valence-corrected chi connectivity index (χ1v) is 6.49. The Morgan fingerprint density at radius 1 is 1.35 bits per heavy atom. The molecule has 1 aromatic rings. The number of amides is 1. The summed E-state index contributed by atoms with van der Waals surface area (Å²) in [5, 5.41) is 2.72. The predicted octanol–water partition coefficient (Wildman–Crippen LogP) is 1.36. The Kier molecular flexibility index (Phi) is 4.44. The summed E-state index contributed by atoms with van der Waals surface area (Å²) in [6.45, 7) is 3.00. The van der Waals surface area contributed by atoms with Crippen LogP contribution in [0.15, 0.2) is 18.2 Å². The van der Waals surface area contributed by atoms with Gasteiger partial charge in [0.05, 0.1) is 12.6 Å². The molecule has 0 aromatic heterocycles. The minimum Gasteiger partial charge on any atom is -0.355 e. The lowest BCUT2D eigenvalue weighted by Gasteiger charge is -2.25. The van der Waals surface area contributed by atoms with E-state index in [9.17, 15) is 18.4 Å². The normalized spacial score (nSPS) is 18.2. The van der Waals surface area contributed by atoms with Gasteiger partial charge in [-0.2, -0.15) is 0 Å². The molecule has 1 fully saturated rings. The van der Waals surface area contributed by atoms with Crippen LogP contribution in [0.3, 0.4) is 0 Å². The summed E-state index contributed by atoms with van der Waals surface area (Å²) in [6.07, 6.45) is 0.751. The molecule has 0 bridgehead atoms. The summed E-state index contributed by atoms with van der Waals surface area (Å²) in [5.41, 5.74) is 0.112. The van der Waals surface area contributed by atoms with Gasteiger partial charge in [-0.15, -0.1) is 0 Å². The van der Waals surface area contributed by atoms with Gasteiger partial charge in [0.1, 0.15) is 0 Å². The molecule has 1 saturated heterocycles. The number of benzene rings is 1. The van der Waals surface area contributed by atoms with Gasteiger partial charge < -0.3 is 5.32 Å². The van der Waals surface area contributed by atoms with Crippen molar-refractivity contribution in [1.29, 1.82) is 0 Å². The van der Waals surface area contributed by atoms with Crippen LogP contribution in [-0.2, 0) is 4.79 Å². The van der Waals surface area contributed by atoms with E-state index in [1.807, 2.05) is 0 Å². The zero-order chi connectivity index (χ0) is 14.7. The van der Waals surface area contributed by atoms with Crippen LogP contribution in [0.5, 0.6) is 0 Å². The van der Waals surface area contributed by atoms with Crippen LogP contribution < -0.4 is 5.32 Å². The Morgan fingerprint density at radius 3 is 2.80 bits per heavy atom. The Hall–Kier alpha value is -1.82. The Labute approximate surface area is 115 Å². The third-order valence-corrected chi connectivity index (χ3v) is 3.42. The van der Waals surface area contributed by atoms with Gasteiger partial charge in [-0.1, -0.05) is 0 Å². The molecule has 6 heteroatoms. The van der Waals surface area contributed by atoms with E-state index in [2.05, 4.69) is 5.32 Å². The maximum absolute atomic E-state index is 13.2. The first kappa shape index (κ1) is 14.6. The second kappa shape index (κ2) is 6.09. The van der Waals surface area contributed by atoms with Crippen molar-refractivity contribution in [3.8, 4) is 0 Å². The molecular formula is C14H16F2N2O2. The lowest BCUT2D eigenvalue weighted by molar-refractivity contribution is -0.121. The van der Waals surface area contributed by atoms with Crippen LogP contribution >= 0.6 is 0 Å². The Morgan fingerprint density at radius 2 is 2.10 bits per heavy atom. The summed E-state index contributed by atoms with van der Waals surface area (Å²) in [4.78, 5) is 25.5. The molecule has 0 spiro atoms. The summed E-state index contributed by atoms with van der Waals surface area (Å²) < 4.78 is 26.0. The molecule has 0 radical (unpaired) electrons. The first-order chi connectivity index (χ1) is 9.49. The van der Waals surface area contributed by atoms with E-state index < -0.39 is 17.7 Å². The molecule has 1 aromatic carbocycles. The van der Waals surface area contributed by atoms with Gasteiger partial charge >= 0.3 is 0 Å². The average molecular weight is 282 g/mol. The molecule has 1 amide bonds. The first-order valence-electron chi connectivity index (χ1n) is 6.49. The molecule has 2 rings (SSSR count). The fourth-order valence-corrected chi connectivity index (χ4v) is 2.22. The van der Waals surface area contributed by atoms with Gasteiger partial charge in [-0.3, -0.25) is 14.5 Å². The van der Waals surface area contributed by atoms with Crippen molar-refractivity contribution < 1.29 is 18.4 Å². The highest BCUT2D eigenvalue weighted by molar-refractivity contribution is 6.00.